The molecule has 0 aliphatic carbocycles. The standard InChI is InChI=1S/C14H19ClN2O2/c1-3-16-14(19)10(2)17-13(18)9-6-11-4-7-12(15)8-5-11/h4-5,7-8,10H,3,6,9H2,1-2H3,(H,16,19)(H,17,18)/t10-/m1/s1. The van der Waals surface area contributed by atoms with Gasteiger partial charge in [0.25, 0.3) is 0 Å². The average Bonchev–Trinajstić information content (AvgIpc) is 2.38. The van der Waals surface area contributed by atoms with E-state index in [1.54, 1.807) is 19.1 Å². The van der Waals surface area contributed by atoms with Crippen molar-refractivity contribution in [2.75, 3.05) is 6.54 Å². The first-order valence-corrected chi connectivity index (χ1v) is 6.72. The summed E-state index contributed by atoms with van der Waals surface area (Å²) in [6.45, 7) is 4.07. The predicted octanol–water partition coefficient (Wildman–Crippen LogP) is 1.91. The lowest BCUT2D eigenvalue weighted by atomic mass is 10.1. The van der Waals surface area contributed by atoms with Crippen LogP contribution in [-0.4, -0.2) is 24.4 Å². The minimum Gasteiger partial charge on any atom is -0.355 e. The summed E-state index contributed by atoms with van der Waals surface area (Å²) in [5.41, 5.74) is 1.05. The fourth-order valence-corrected chi connectivity index (χ4v) is 1.74. The predicted molar refractivity (Wildman–Crippen MR) is 76.1 cm³/mol. The molecule has 0 unspecified atom stereocenters. The molecule has 104 valence electrons. The molecule has 4 nitrogen and oxygen atoms in total. The molecule has 1 aromatic rings. The van der Waals surface area contributed by atoms with E-state index in [1.807, 2.05) is 19.1 Å². The Morgan fingerprint density at radius 3 is 2.47 bits per heavy atom. The summed E-state index contributed by atoms with van der Waals surface area (Å²) >= 11 is 5.78. The van der Waals surface area contributed by atoms with Gasteiger partial charge in [-0.05, 0) is 38.0 Å². The van der Waals surface area contributed by atoms with Crippen LogP contribution in [0.2, 0.25) is 5.02 Å². The molecule has 19 heavy (non-hydrogen) atoms. The van der Waals surface area contributed by atoms with Crippen LogP contribution < -0.4 is 10.6 Å². The van der Waals surface area contributed by atoms with Crippen molar-refractivity contribution in [2.24, 2.45) is 0 Å². The summed E-state index contributed by atoms with van der Waals surface area (Å²) in [5, 5.41) is 6.01. The summed E-state index contributed by atoms with van der Waals surface area (Å²) in [7, 11) is 0. The van der Waals surface area contributed by atoms with Crippen molar-refractivity contribution in [3.8, 4) is 0 Å². The molecular formula is C14H19ClN2O2. The Hall–Kier alpha value is -1.55. The second-order valence-electron chi connectivity index (χ2n) is 4.31. The van der Waals surface area contributed by atoms with E-state index < -0.39 is 6.04 Å². The van der Waals surface area contributed by atoms with Crippen molar-refractivity contribution in [1.29, 1.82) is 0 Å². The first-order valence-electron chi connectivity index (χ1n) is 6.34. The quantitative estimate of drug-likeness (QED) is 0.837. The van der Waals surface area contributed by atoms with Gasteiger partial charge in [0, 0.05) is 18.0 Å². The monoisotopic (exact) mass is 282 g/mol. The molecule has 0 aliphatic heterocycles. The highest BCUT2D eigenvalue weighted by atomic mass is 35.5. The number of rotatable bonds is 6. The van der Waals surface area contributed by atoms with E-state index in [-0.39, 0.29) is 11.8 Å². The van der Waals surface area contributed by atoms with Crippen LogP contribution in [0.25, 0.3) is 0 Å². The zero-order chi connectivity index (χ0) is 14.3. The van der Waals surface area contributed by atoms with Gasteiger partial charge in [0.1, 0.15) is 6.04 Å². The van der Waals surface area contributed by atoms with Gasteiger partial charge in [0.05, 0.1) is 0 Å². The summed E-state index contributed by atoms with van der Waals surface area (Å²) in [4.78, 5) is 23.1. The molecule has 0 saturated carbocycles. The van der Waals surface area contributed by atoms with Crippen LogP contribution in [0.15, 0.2) is 24.3 Å². The number of halogens is 1. The fourth-order valence-electron chi connectivity index (χ4n) is 1.62. The van der Waals surface area contributed by atoms with Gasteiger partial charge in [-0.15, -0.1) is 0 Å². The van der Waals surface area contributed by atoms with Crippen molar-refractivity contribution >= 4 is 23.4 Å². The van der Waals surface area contributed by atoms with Gasteiger partial charge in [-0.25, -0.2) is 0 Å². The number of likely N-dealkylation sites (N-methyl/N-ethyl adjacent to an activating group) is 1. The van der Waals surface area contributed by atoms with E-state index in [9.17, 15) is 9.59 Å². The lowest BCUT2D eigenvalue weighted by Gasteiger charge is -2.13. The van der Waals surface area contributed by atoms with E-state index in [0.29, 0.717) is 24.4 Å². The Bertz CT molecular complexity index is 432. The Kier molecular flexibility index (Phi) is 6.36. The van der Waals surface area contributed by atoms with Crippen LogP contribution in [0.5, 0.6) is 0 Å². The molecule has 0 aromatic heterocycles. The van der Waals surface area contributed by atoms with Crippen LogP contribution in [0.3, 0.4) is 0 Å². The van der Waals surface area contributed by atoms with Gasteiger partial charge >= 0.3 is 0 Å². The lowest BCUT2D eigenvalue weighted by molar-refractivity contribution is -0.128. The largest absolute Gasteiger partial charge is 0.355 e. The topological polar surface area (TPSA) is 58.2 Å². The third-order valence-electron chi connectivity index (χ3n) is 2.68. The molecule has 0 radical (unpaired) electrons. The molecule has 0 saturated heterocycles. The number of benzene rings is 1. The van der Waals surface area contributed by atoms with Crippen molar-refractivity contribution in [3.63, 3.8) is 0 Å². The van der Waals surface area contributed by atoms with Crippen molar-refractivity contribution in [1.82, 2.24) is 10.6 Å². The SMILES string of the molecule is CCNC(=O)[C@@H](C)NC(=O)CCc1ccc(Cl)cc1. The van der Waals surface area contributed by atoms with Crippen LogP contribution in [0, 0.1) is 0 Å². The van der Waals surface area contributed by atoms with Gasteiger partial charge in [-0.3, -0.25) is 9.59 Å². The molecule has 2 N–H and O–H groups in total. The normalized spacial score (nSPS) is 11.7. The maximum absolute atomic E-state index is 11.7. The first kappa shape index (κ1) is 15.5. The third kappa shape index (κ3) is 5.75. The molecule has 2 amide bonds. The van der Waals surface area contributed by atoms with E-state index in [2.05, 4.69) is 10.6 Å². The lowest BCUT2D eigenvalue weighted by Crippen LogP contribution is -2.44. The van der Waals surface area contributed by atoms with E-state index in [1.165, 1.54) is 0 Å². The third-order valence-corrected chi connectivity index (χ3v) is 2.93. The highest BCUT2D eigenvalue weighted by molar-refractivity contribution is 6.30. The van der Waals surface area contributed by atoms with Crippen molar-refractivity contribution in [3.05, 3.63) is 34.9 Å². The highest BCUT2D eigenvalue weighted by Gasteiger charge is 2.14. The summed E-state index contributed by atoms with van der Waals surface area (Å²) in [6, 6.07) is 6.88. The summed E-state index contributed by atoms with van der Waals surface area (Å²) in [6.07, 6.45) is 0.983. The zero-order valence-corrected chi connectivity index (χ0v) is 12.0. The minimum absolute atomic E-state index is 0.131. The maximum atomic E-state index is 11.7. The summed E-state index contributed by atoms with van der Waals surface area (Å²) in [5.74, 6) is -0.295. The number of carbonyl (C=O) groups is 2. The first-order chi connectivity index (χ1) is 9.02. The summed E-state index contributed by atoms with van der Waals surface area (Å²) < 4.78 is 0. The Morgan fingerprint density at radius 2 is 1.89 bits per heavy atom. The number of carbonyl (C=O) groups excluding carboxylic acids is 2. The highest BCUT2D eigenvalue weighted by Crippen LogP contribution is 2.10. The van der Waals surface area contributed by atoms with E-state index >= 15 is 0 Å². The molecule has 0 fully saturated rings. The van der Waals surface area contributed by atoms with Crippen LogP contribution in [0.4, 0.5) is 0 Å². The second-order valence-corrected chi connectivity index (χ2v) is 4.75. The Morgan fingerprint density at radius 1 is 1.26 bits per heavy atom. The molecular weight excluding hydrogens is 264 g/mol. The molecule has 0 spiro atoms. The average molecular weight is 283 g/mol. The number of amides is 2. The van der Waals surface area contributed by atoms with Gasteiger partial charge in [0.15, 0.2) is 0 Å². The zero-order valence-electron chi connectivity index (χ0n) is 11.2. The second kappa shape index (κ2) is 7.79. The molecule has 5 heteroatoms. The molecule has 0 bridgehead atoms. The molecule has 0 heterocycles. The van der Waals surface area contributed by atoms with Crippen molar-refractivity contribution < 1.29 is 9.59 Å². The number of nitrogens with one attached hydrogen (secondary N) is 2. The number of hydrogen-bond donors (Lipinski definition) is 2. The molecule has 1 aromatic carbocycles. The maximum Gasteiger partial charge on any atom is 0.242 e. The van der Waals surface area contributed by atoms with E-state index in [0.717, 1.165) is 5.56 Å². The van der Waals surface area contributed by atoms with Gasteiger partial charge in [-0.1, -0.05) is 23.7 Å². The Balaban J connectivity index is 2.35. The van der Waals surface area contributed by atoms with Crippen LogP contribution in [-0.2, 0) is 16.0 Å². The van der Waals surface area contributed by atoms with Gasteiger partial charge < -0.3 is 10.6 Å². The molecule has 1 rings (SSSR count). The fraction of sp³-hybridized carbons (Fsp3) is 0.429. The molecule has 1 atom stereocenters. The number of hydrogen-bond acceptors (Lipinski definition) is 2. The Labute approximate surface area is 118 Å². The van der Waals surface area contributed by atoms with E-state index in [4.69, 9.17) is 11.6 Å². The van der Waals surface area contributed by atoms with Crippen LogP contribution in [0.1, 0.15) is 25.8 Å². The van der Waals surface area contributed by atoms with Gasteiger partial charge in [-0.2, -0.15) is 0 Å². The minimum atomic E-state index is -0.502. The van der Waals surface area contributed by atoms with Gasteiger partial charge in [0.2, 0.25) is 11.8 Å². The van der Waals surface area contributed by atoms with Crippen LogP contribution >= 0.6 is 11.6 Å². The molecule has 0 aliphatic rings. The smallest absolute Gasteiger partial charge is 0.242 e. The number of aryl methyl sites for hydroxylation is 1. The van der Waals surface area contributed by atoms with Crippen molar-refractivity contribution in [2.45, 2.75) is 32.7 Å².